The minimum absolute atomic E-state index is 0.0967. The van der Waals surface area contributed by atoms with E-state index in [0.29, 0.717) is 0 Å². The van der Waals surface area contributed by atoms with E-state index in [1.165, 1.54) is 18.5 Å². The maximum absolute atomic E-state index is 4.41. The quantitative estimate of drug-likeness (QED) is 0.831. The topological polar surface area (TPSA) is 29.9 Å². The zero-order chi connectivity index (χ0) is 11.8. The van der Waals surface area contributed by atoms with Crippen LogP contribution in [0.4, 0.5) is 0 Å². The van der Waals surface area contributed by atoms with Crippen molar-refractivity contribution in [3.63, 3.8) is 0 Å². The van der Waals surface area contributed by atoms with Gasteiger partial charge in [-0.3, -0.25) is 4.68 Å². The molecule has 0 spiro atoms. The second-order valence-corrected chi connectivity index (χ2v) is 5.72. The van der Waals surface area contributed by atoms with Crippen molar-refractivity contribution >= 4 is 0 Å². The molecule has 1 aliphatic heterocycles. The van der Waals surface area contributed by atoms with E-state index in [1.54, 1.807) is 0 Å². The molecule has 0 radical (unpaired) electrons. The highest BCUT2D eigenvalue weighted by Crippen LogP contribution is 2.45. The molecule has 1 fully saturated rings. The summed E-state index contributed by atoms with van der Waals surface area (Å²) in [5, 5.41) is 8.14. The fourth-order valence-corrected chi connectivity index (χ4v) is 2.93. The van der Waals surface area contributed by atoms with Crippen LogP contribution >= 0.6 is 0 Å². The van der Waals surface area contributed by atoms with Crippen LogP contribution in [-0.2, 0) is 12.1 Å². The van der Waals surface area contributed by atoms with Crippen LogP contribution in [0.3, 0.4) is 0 Å². The molecule has 16 heavy (non-hydrogen) atoms. The summed E-state index contributed by atoms with van der Waals surface area (Å²) in [5.41, 5.74) is 1.66. The first-order valence-electron chi connectivity index (χ1n) is 6.28. The number of nitrogens with one attached hydrogen (secondary N) is 1. The van der Waals surface area contributed by atoms with E-state index in [1.807, 2.05) is 6.20 Å². The van der Waals surface area contributed by atoms with Gasteiger partial charge in [0.05, 0.1) is 11.2 Å². The van der Waals surface area contributed by atoms with Gasteiger partial charge in [0.2, 0.25) is 0 Å². The molecule has 1 atom stereocenters. The third-order valence-corrected chi connectivity index (χ3v) is 3.89. The summed E-state index contributed by atoms with van der Waals surface area (Å²) in [6.45, 7) is 11.2. The van der Waals surface area contributed by atoms with Crippen LogP contribution in [0.2, 0.25) is 0 Å². The van der Waals surface area contributed by atoms with Gasteiger partial charge >= 0.3 is 0 Å². The first-order valence-corrected chi connectivity index (χ1v) is 6.28. The lowest BCUT2D eigenvalue weighted by atomic mass is 9.70. The standard InChI is InChI=1S/C13H23N3/c1-5-16-11(7-10-15-16)13(12(2,3)4)8-6-9-14-13/h7,10,14H,5-6,8-9H2,1-4H3. The Kier molecular flexibility index (Phi) is 2.82. The molecule has 0 bridgehead atoms. The Morgan fingerprint density at radius 1 is 1.50 bits per heavy atom. The van der Waals surface area contributed by atoms with Crippen LogP contribution < -0.4 is 5.32 Å². The molecule has 1 aromatic rings. The van der Waals surface area contributed by atoms with Crippen LogP contribution in [0.25, 0.3) is 0 Å². The monoisotopic (exact) mass is 221 g/mol. The van der Waals surface area contributed by atoms with Crippen LogP contribution in [0, 0.1) is 5.41 Å². The van der Waals surface area contributed by atoms with Crippen LogP contribution in [0.5, 0.6) is 0 Å². The molecule has 1 saturated heterocycles. The molecule has 1 aromatic heterocycles. The van der Waals surface area contributed by atoms with Crippen molar-refractivity contribution in [1.82, 2.24) is 15.1 Å². The van der Waals surface area contributed by atoms with Crippen molar-refractivity contribution in [2.24, 2.45) is 5.41 Å². The van der Waals surface area contributed by atoms with Gasteiger partial charge in [-0.2, -0.15) is 5.10 Å². The van der Waals surface area contributed by atoms with E-state index < -0.39 is 0 Å². The lowest BCUT2D eigenvalue weighted by molar-refractivity contribution is 0.148. The average Bonchev–Trinajstić information content (AvgIpc) is 2.85. The molecule has 2 rings (SSSR count). The third-order valence-electron chi connectivity index (χ3n) is 3.89. The highest BCUT2D eigenvalue weighted by molar-refractivity contribution is 5.21. The average molecular weight is 221 g/mol. The first kappa shape index (κ1) is 11.6. The normalized spacial score (nSPS) is 26.2. The van der Waals surface area contributed by atoms with E-state index in [4.69, 9.17) is 0 Å². The van der Waals surface area contributed by atoms with Crippen molar-refractivity contribution in [1.29, 1.82) is 0 Å². The summed E-state index contributed by atoms with van der Waals surface area (Å²) < 4.78 is 2.13. The number of hydrogen-bond donors (Lipinski definition) is 1. The van der Waals surface area contributed by atoms with Gasteiger partial charge in [0.15, 0.2) is 0 Å². The second-order valence-electron chi connectivity index (χ2n) is 5.72. The molecule has 3 nitrogen and oxygen atoms in total. The number of nitrogens with zero attached hydrogens (tertiary/aromatic N) is 2. The molecule has 0 amide bonds. The lowest BCUT2D eigenvalue weighted by Crippen LogP contribution is -2.49. The fourth-order valence-electron chi connectivity index (χ4n) is 2.93. The van der Waals surface area contributed by atoms with Crippen molar-refractivity contribution in [3.8, 4) is 0 Å². The van der Waals surface area contributed by atoms with Crippen molar-refractivity contribution in [2.75, 3.05) is 6.54 Å². The number of aromatic nitrogens is 2. The van der Waals surface area contributed by atoms with Gasteiger partial charge in [-0.1, -0.05) is 20.8 Å². The third kappa shape index (κ3) is 1.58. The molecule has 2 heterocycles. The zero-order valence-electron chi connectivity index (χ0n) is 10.9. The van der Waals surface area contributed by atoms with Crippen LogP contribution in [0.15, 0.2) is 12.3 Å². The molecule has 3 heteroatoms. The van der Waals surface area contributed by atoms with E-state index in [2.05, 4.69) is 48.9 Å². The van der Waals surface area contributed by atoms with Gasteiger partial charge in [-0.25, -0.2) is 0 Å². The van der Waals surface area contributed by atoms with Gasteiger partial charge in [0.1, 0.15) is 0 Å². The maximum atomic E-state index is 4.41. The second kappa shape index (κ2) is 3.88. The van der Waals surface area contributed by atoms with Gasteiger partial charge in [-0.15, -0.1) is 0 Å². The van der Waals surface area contributed by atoms with E-state index in [0.717, 1.165) is 13.1 Å². The molecular weight excluding hydrogens is 198 g/mol. The Hall–Kier alpha value is -0.830. The van der Waals surface area contributed by atoms with Gasteiger partial charge < -0.3 is 5.32 Å². The van der Waals surface area contributed by atoms with Crippen LogP contribution in [0.1, 0.15) is 46.2 Å². The predicted molar refractivity (Wildman–Crippen MR) is 66.3 cm³/mol. The van der Waals surface area contributed by atoms with Gasteiger partial charge in [0.25, 0.3) is 0 Å². The summed E-state index contributed by atoms with van der Waals surface area (Å²) in [5.74, 6) is 0. The lowest BCUT2D eigenvalue weighted by Gasteiger charge is -2.42. The largest absolute Gasteiger partial charge is 0.306 e. The van der Waals surface area contributed by atoms with Crippen LogP contribution in [-0.4, -0.2) is 16.3 Å². The highest BCUT2D eigenvalue weighted by Gasteiger charge is 2.47. The minimum Gasteiger partial charge on any atom is -0.306 e. The Morgan fingerprint density at radius 3 is 2.75 bits per heavy atom. The molecule has 1 aliphatic rings. The Balaban J connectivity index is 2.48. The molecule has 1 unspecified atom stereocenters. The molecular formula is C13H23N3. The molecule has 0 aromatic carbocycles. The van der Waals surface area contributed by atoms with Gasteiger partial charge in [-0.05, 0) is 37.8 Å². The summed E-state index contributed by atoms with van der Waals surface area (Å²) in [4.78, 5) is 0. The summed E-state index contributed by atoms with van der Waals surface area (Å²) in [6.07, 6.45) is 4.39. The Labute approximate surface area is 98.2 Å². The highest BCUT2D eigenvalue weighted by atomic mass is 15.3. The fraction of sp³-hybridized carbons (Fsp3) is 0.769. The molecule has 0 aliphatic carbocycles. The SMILES string of the molecule is CCn1nccc1C1(C(C)(C)C)CCCN1. The zero-order valence-corrected chi connectivity index (χ0v) is 10.9. The van der Waals surface area contributed by atoms with E-state index >= 15 is 0 Å². The Morgan fingerprint density at radius 2 is 2.25 bits per heavy atom. The number of aryl methyl sites for hydroxylation is 1. The number of rotatable bonds is 2. The number of hydrogen-bond acceptors (Lipinski definition) is 2. The first-order chi connectivity index (χ1) is 7.51. The van der Waals surface area contributed by atoms with E-state index in [-0.39, 0.29) is 11.0 Å². The van der Waals surface area contributed by atoms with E-state index in [9.17, 15) is 0 Å². The Bertz CT molecular complexity index is 353. The summed E-state index contributed by atoms with van der Waals surface area (Å²) >= 11 is 0. The summed E-state index contributed by atoms with van der Waals surface area (Å²) in [7, 11) is 0. The predicted octanol–water partition coefficient (Wildman–Crippen LogP) is 2.53. The smallest absolute Gasteiger partial charge is 0.0655 e. The molecule has 90 valence electrons. The summed E-state index contributed by atoms with van der Waals surface area (Å²) in [6, 6.07) is 2.17. The van der Waals surface area contributed by atoms with Crippen molar-refractivity contribution < 1.29 is 0 Å². The minimum atomic E-state index is 0.0967. The molecule has 1 N–H and O–H groups in total. The van der Waals surface area contributed by atoms with Crippen molar-refractivity contribution in [2.45, 2.75) is 52.6 Å². The maximum Gasteiger partial charge on any atom is 0.0655 e. The van der Waals surface area contributed by atoms with Crippen molar-refractivity contribution in [3.05, 3.63) is 18.0 Å². The molecule has 0 saturated carbocycles. The van der Waals surface area contributed by atoms with Gasteiger partial charge in [0, 0.05) is 12.7 Å².